The average molecular weight is 381 g/mol. The molecule has 1 unspecified atom stereocenters. The van der Waals surface area contributed by atoms with Crippen LogP contribution < -0.4 is 0 Å². The molecule has 0 spiro atoms. The summed E-state index contributed by atoms with van der Waals surface area (Å²) < 4.78 is 41.6. The Bertz CT molecular complexity index is 482. The molecule has 2 atom stereocenters. The SMILES string of the molecule is CCOC(=O)C([C@@H](C)C(F)F)N(C(=O)OC(C)(C)C)C(=O)OC(C)(C)C. The van der Waals surface area contributed by atoms with E-state index in [1.54, 1.807) is 0 Å². The number of carbonyl (C=O) groups excluding carboxylic acids is 3. The lowest BCUT2D eigenvalue weighted by molar-refractivity contribution is -0.153. The molecule has 0 heterocycles. The van der Waals surface area contributed by atoms with E-state index < -0.39 is 47.7 Å². The maximum atomic E-state index is 13.3. The number of imide groups is 1. The van der Waals surface area contributed by atoms with E-state index in [9.17, 15) is 23.2 Å². The number of ether oxygens (including phenoxy) is 3. The number of nitrogens with zero attached hydrogens (tertiary/aromatic N) is 1. The molecule has 0 radical (unpaired) electrons. The van der Waals surface area contributed by atoms with Gasteiger partial charge in [0, 0.05) is 5.92 Å². The molecule has 0 saturated heterocycles. The Morgan fingerprint density at radius 3 is 1.58 bits per heavy atom. The van der Waals surface area contributed by atoms with E-state index in [-0.39, 0.29) is 11.5 Å². The second-order valence-electron chi connectivity index (χ2n) is 7.72. The highest BCUT2D eigenvalue weighted by atomic mass is 19.3. The van der Waals surface area contributed by atoms with Gasteiger partial charge in [0.15, 0.2) is 6.04 Å². The Balaban J connectivity index is 6.04. The maximum Gasteiger partial charge on any atom is 0.420 e. The van der Waals surface area contributed by atoms with E-state index in [0.717, 1.165) is 6.92 Å². The number of carbonyl (C=O) groups is 3. The van der Waals surface area contributed by atoms with E-state index in [4.69, 9.17) is 14.2 Å². The first-order valence-electron chi connectivity index (χ1n) is 8.30. The third-order valence-corrected chi connectivity index (χ3v) is 2.88. The fraction of sp³-hybridized carbons (Fsp3) is 0.824. The summed E-state index contributed by atoms with van der Waals surface area (Å²) in [5.41, 5.74) is -2.05. The topological polar surface area (TPSA) is 82.1 Å². The first kappa shape index (κ1) is 24.1. The van der Waals surface area contributed by atoms with Gasteiger partial charge in [-0.25, -0.2) is 23.2 Å². The minimum absolute atomic E-state index is 0.109. The van der Waals surface area contributed by atoms with Crippen molar-refractivity contribution in [2.75, 3.05) is 6.61 Å². The zero-order valence-corrected chi connectivity index (χ0v) is 16.6. The number of halogens is 2. The van der Waals surface area contributed by atoms with Crippen LogP contribution in [0.1, 0.15) is 55.4 Å². The summed E-state index contributed by atoms with van der Waals surface area (Å²) in [5.74, 6) is -2.83. The van der Waals surface area contributed by atoms with E-state index in [0.29, 0.717) is 0 Å². The largest absolute Gasteiger partial charge is 0.464 e. The van der Waals surface area contributed by atoms with Crippen molar-refractivity contribution in [3.63, 3.8) is 0 Å². The molecule has 0 aliphatic carbocycles. The second-order valence-corrected chi connectivity index (χ2v) is 7.72. The van der Waals surface area contributed by atoms with Crippen molar-refractivity contribution >= 4 is 18.2 Å². The van der Waals surface area contributed by atoms with Gasteiger partial charge in [-0.05, 0) is 48.5 Å². The number of esters is 1. The summed E-state index contributed by atoms with van der Waals surface area (Å²) >= 11 is 0. The first-order valence-corrected chi connectivity index (χ1v) is 8.30. The summed E-state index contributed by atoms with van der Waals surface area (Å²) in [4.78, 5) is 37.6. The van der Waals surface area contributed by atoms with E-state index in [2.05, 4.69) is 0 Å². The van der Waals surface area contributed by atoms with Crippen LogP contribution in [0.3, 0.4) is 0 Å². The van der Waals surface area contributed by atoms with Gasteiger partial charge in [0.1, 0.15) is 11.2 Å². The van der Waals surface area contributed by atoms with Gasteiger partial charge in [0.25, 0.3) is 0 Å². The van der Waals surface area contributed by atoms with Crippen molar-refractivity contribution in [3.8, 4) is 0 Å². The van der Waals surface area contributed by atoms with Crippen LogP contribution in [0.4, 0.5) is 18.4 Å². The third-order valence-electron chi connectivity index (χ3n) is 2.88. The lowest BCUT2D eigenvalue weighted by Crippen LogP contribution is -2.56. The van der Waals surface area contributed by atoms with Crippen molar-refractivity contribution in [1.82, 2.24) is 4.90 Å². The van der Waals surface area contributed by atoms with Gasteiger partial charge in [-0.1, -0.05) is 6.92 Å². The van der Waals surface area contributed by atoms with Crippen LogP contribution in [0.25, 0.3) is 0 Å². The summed E-state index contributed by atoms with van der Waals surface area (Å²) in [6, 6.07) is -1.89. The van der Waals surface area contributed by atoms with Gasteiger partial charge in [-0.2, -0.15) is 4.90 Å². The molecule has 152 valence electrons. The van der Waals surface area contributed by atoms with Crippen molar-refractivity contribution in [2.24, 2.45) is 5.92 Å². The number of alkyl halides is 2. The highest BCUT2D eigenvalue weighted by Gasteiger charge is 2.46. The summed E-state index contributed by atoms with van der Waals surface area (Å²) in [6.45, 7) is 11.6. The maximum absolute atomic E-state index is 13.3. The predicted octanol–water partition coefficient (Wildman–Crippen LogP) is 3.99. The molecule has 0 saturated carbocycles. The quantitative estimate of drug-likeness (QED) is 0.529. The number of amides is 2. The third kappa shape index (κ3) is 7.97. The standard InChI is InChI=1S/C17H29F2NO6/c1-9-24-13(21)11(10(2)12(18)19)20(14(22)25-16(3,4)5)15(23)26-17(6,7)8/h10-12H,9H2,1-8H3/t10-,11?/m1/s1. The van der Waals surface area contributed by atoms with Crippen LogP contribution in [0.15, 0.2) is 0 Å². The average Bonchev–Trinajstić information content (AvgIpc) is 2.39. The Morgan fingerprint density at radius 1 is 0.923 bits per heavy atom. The molecular formula is C17H29F2NO6. The number of hydrogen-bond acceptors (Lipinski definition) is 6. The highest BCUT2D eigenvalue weighted by molar-refractivity contribution is 5.94. The second kappa shape index (κ2) is 9.14. The van der Waals surface area contributed by atoms with Crippen LogP contribution in [-0.4, -0.2) is 53.3 Å². The molecule has 0 fully saturated rings. The molecule has 0 aromatic carbocycles. The van der Waals surface area contributed by atoms with E-state index in [1.807, 2.05) is 0 Å². The molecule has 7 nitrogen and oxygen atoms in total. The Morgan fingerprint density at radius 2 is 1.31 bits per heavy atom. The van der Waals surface area contributed by atoms with Gasteiger partial charge in [-0.15, -0.1) is 0 Å². The Hall–Kier alpha value is -1.93. The van der Waals surface area contributed by atoms with E-state index in [1.165, 1.54) is 48.5 Å². The van der Waals surface area contributed by atoms with Gasteiger partial charge in [0.2, 0.25) is 6.43 Å². The number of rotatable bonds is 5. The molecule has 0 N–H and O–H groups in total. The molecule has 0 aliphatic rings. The van der Waals surface area contributed by atoms with E-state index >= 15 is 0 Å². The normalized spacial score (nSPS) is 14.4. The molecule has 26 heavy (non-hydrogen) atoms. The molecule has 0 aliphatic heterocycles. The smallest absolute Gasteiger partial charge is 0.420 e. The Labute approximate surface area is 152 Å². The fourth-order valence-electron chi connectivity index (χ4n) is 1.84. The lowest BCUT2D eigenvalue weighted by atomic mass is 10.0. The van der Waals surface area contributed by atoms with Gasteiger partial charge < -0.3 is 14.2 Å². The number of hydrogen-bond donors (Lipinski definition) is 0. The summed E-state index contributed by atoms with van der Waals surface area (Å²) in [5, 5.41) is 0. The van der Waals surface area contributed by atoms with Gasteiger partial charge >= 0.3 is 18.2 Å². The van der Waals surface area contributed by atoms with Crippen LogP contribution in [-0.2, 0) is 19.0 Å². The molecular weight excluding hydrogens is 352 g/mol. The van der Waals surface area contributed by atoms with Crippen molar-refractivity contribution in [1.29, 1.82) is 0 Å². The minimum Gasteiger partial charge on any atom is -0.464 e. The van der Waals surface area contributed by atoms with Crippen LogP contribution in [0.5, 0.6) is 0 Å². The van der Waals surface area contributed by atoms with Crippen LogP contribution in [0.2, 0.25) is 0 Å². The van der Waals surface area contributed by atoms with Gasteiger partial charge in [-0.3, -0.25) is 0 Å². The molecule has 9 heteroatoms. The molecule has 0 aromatic rings. The minimum atomic E-state index is -2.99. The van der Waals surface area contributed by atoms with Crippen molar-refractivity contribution in [2.45, 2.75) is 79.1 Å². The summed E-state index contributed by atoms with van der Waals surface area (Å²) in [6.07, 6.45) is -5.52. The monoisotopic (exact) mass is 381 g/mol. The predicted molar refractivity (Wildman–Crippen MR) is 89.9 cm³/mol. The van der Waals surface area contributed by atoms with Gasteiger partial charge in [0.05, 0.1) is 6.61 Å². The van der Waals surface area contributed by atoms with Crippen LogP contribution >= 0.6 is 0 Å². The van der Waals surface area contributed by atoms with Crippen molar-refractivity contribution < 1.29 is 37.4 Å². The van der Waals surface area contributed by atoms with Crippen LogP contribution in [0, 0.1) is 5.92 Å². The Kier molecular flexibility index (Phi) is 8.46. The molecule has 0 rings (SSSR count). The fourth-order valence-corrected chi connectivity index (χ4v) is 1.84. The van der Waals surface area contributed by atoms with Crippen molar-refractivity contribution in [3.05, 3.63) is 0 Å². The molecule has 2 amide bonds. The first-order chi connectivity index (χ1) is 11.6. The zero-order valence-electron chi connectivity index (χ0n) is 16.6. The summed E-state index contributed by atoms with van der Waals surface area (Å²) in [7, 11) is 0. The lowest BCUT2D eigenvalue weighted by Gasteiger charge is -2.34. The zero-order chi connectivity index (χ0) is 20.9. The molecule has 0 aromatic heterocycles. The highest BCUT2D eigenvalue weighted by Crippen LogP contribution is 2.25. The molecule has 0 bridgehead atoms.